The minimum absolute atomic E-state index is 0.0521. The third-order valence-corrected chi connectivity index (χ3v) is 3.19. The van der Waals surface area contributed by atoms with Crippen molar-refractivity contribution in [2.24, 2.45) is 5.73 Å². The lowest BCUT2D eigenvalue weighted by molar-refractivity contribution is -0.116. The number of carbonyl (C=O) groups excluding carboxylic acids is 1. The maximum absolute atomic E-state index is 11.8. The van der Waals surface area contributed by atoms with Gasteiger partial charge < -0.3 is 11.1 Å². The van der Waals surface area contributed by atoms with Crippen molar-refractivity contribution in [1.29, 1.82) is 0 Å². The molecule has 0 aliphatic carbocycles. The van der Waals surface area contributed by atoms with E-state index in [0.717, 1.165) is 43.6 Å². The molecule has 0 aliphatic rings. The summed E-state index contributed by atoms with van der Waals surface area (Å²) in [6.07, 6.45) is 7.76. The summed E-state index contributed by atoms with van der Waals surface area (Å²) in [6.45, 7) is 0.727. The van der Waals surface area contributed by atoms with Crippen molar-refractivity contribution >= 4 is 11.6 Å². The number of hydrogen-bond acceptors (Lipinski definition) is 4. The highest BCUT2D eigenvalue weighted by Gasteiger charge is 2.03. The number of nitrogens with two attached hydrogens (primary N) is 1. The molecule has 1 amide bonds. The number of aromatic nitrogens is 3. The molecule has 0 spiro atoms. The highest BCUT2D eigenvalue weighted by molar-refractivity contribution is 5.90. The molecule has 0 aliphatic heterocycles. The minimum Gasteiger partial charge on any atom is -0.330 e. The van der Waals surface area contributed by atoms with Crippen LogP contribution in [-0.4, -0.2) is 27.2 Å². The zero-order valence-corrected chi connectivity index (χ0v) is 12.0. The van der Waals surface area contributed by atoms with Gasteiger partial charge in [-0.05, 0) is 43.7 Å². The van der Waals surface area contributed by atoms with Gasteiger partial charge in [0.1, 0.15) is 12.7 Å². The first-order chi connectivity index (χ1) is 10.3. The number of carbonyl (C=O) groups is 1. The average molecular weight is 287 g/mol. The number of rotatable bonds is 8. The number of benzene rings is 1. The molecule has 2 rings (SSSR count). The van der Waals surface area contributed by atoms with Crippen LogP contribution in [0.4, 0.5) is 5.69 Å². The van der Waals surface area contributed by atoms with Gasteiger partial charge in [0.25, 0.3) is 0 Å². The van der Waals surface area contributed by atoms with Gasteiger partial charge in [0.05, 0.1) is 5.69 Å². The Hall–Kier alpha value is -2.21. The van der Waals surface area contributed by atoms with Gasteiger partial charge in [-0.3, -0.25) is 4.79 Å². The Kier molecular flexibility index (Phi) is 5.90. The monoisotopic (exact) mass is 287 g/mol. The van der Waals surface area contributed by atoms with Crippen molar-refractivity contribution in [2.75, 3.05) is 11.9 Å². The molecule has 0 atom stereocenters. The summed E-state index contributed by atoms with van der Waals surface area (Å²) in [5.41, 5.74) is 7.14. The Morgan fingerprint density at radius 2 is 1.90 bits per heavy atom. The second kappa shape index (κ2) is 8.16. The zero-order valence-electron chi connectivity index (χ0n) is 12.0. The molecule has 6 nitrogen and oxygen atoms in total. The topological polar surface area (TPSA) is 85.8 Å². The predicted octanol–water partition coefficient (Wildman–Crippen LogP) is 2.12. The molecule has 0 fully saturated rings. The van der Waals surface area contributed by atoms with Gasteiger partial charge in [0.2, 0.25) is 5.91 Å². The van der Waals surface area contributed by atoms with Crippen LogP contribution in [0.3, 0.4) is 0 Å². The standard InChI is InChI=1S/C15H21N5O/c16-10-4-2-1-3-5-15(21)19-13-6-8-14(9-7-13)20-12-17-11-18-20/h6-9,11-12H,1-5,10,16H2,(H,19,21). The van der Waals surface area contributed by atoms with Gasteiger partial charge in [-0.15, -0.1) is 0 Å². The van der Waals surface area contributed by atoms with E-state index in [0.29, 0.717) is 6.42 Å². The maximum Gasteiger partial charge on any atom is 0.224 e. The van der Waals surface area contributed by atoms with E-state index in [9.17, 15) is 4.79 Å². The molecule has 1 aromatic heterocycles. The number of hydrogen-bond donors (Lipinski definition) is 2. The molecule has 1 aromatic carbocycles. The van der Waals surface area contributed by atoms with Crippen LogP contribution >= 0.6 is 0 Å². The molecule has 0 saturated carbocycles. The van der Waals surface area contributed by atoms with Crippen LogP contribution in [0.15, 0.2) is 36.9 Å². The molecule has 0 unspecified atom stereocenters. The summed E-state index contributed by atoms with van der Waals surface area (Å²) in [4.78, 5) is 15.7. The third kappa shape index (κ3) is 5.00. The maximum atomic E-state index is 11.8. The van der Waals surface area contributed by atoms with E-state index in [1.54, 1.807) is 11.0 Å². The second-order valence-electron chi connectivity index (χ2n) is 4.89. The Morgan fingerprint density at radius 1 is 1.14 bits per heavy atom. The molecule has 0 saturated heterocycles. The highest BCUT2D eigenvalue weighted by Crippen LogP contribution is 2.13. The van der Waals surface area contributed by atoms with Crippen molar-refractivity contribution in [3.63, 3.8) is 0 Å². The fourth-order valence-electron chi connectivity index (χ4n) is 2.05. The summed E-state index contributed by atoms with van der Waals surface area (Å²) >= 11 is 0. The first kappa shape index (κ1) is 15.2. The second-order valence-corrected chi connectivity index (χ2v) is 4.89. The van der Waals surface area contributed by atoms with Crippen LogP contribution in [0.1, 0.15) is 32.1 Å². The van der Waals surface area contributed by atoms with Crippen LogP contribution < -0.4 is 11.1 Å². The summed E-state index contributed by atoms with van der Waals surface area (Å²) in [5, 5.41) is 6.95. The fraction of sp³-hybridized carbons (Fsp3) is 0.400. The van der Waals surface area contributed by atoms with E-state index in [2.05, 4.69) is 15.4 Å². The number of unbranched alkanes of at least 4 members (excludes halogenated alkanes) is 3. The summed E-state index contributed by atoms with van der Waals surface area (Å²) in [6, 6.07) is 7.52. The Morgan fingerprint density at radius 3 is 2.57 bits per heavy atom. The summed E-state index contributed by atoms with van der Waals surface area (Å²) in [7, 11) is 0. The van der Waals surface area contributed by atoms with Gasteiger partial charge in [0.15, 0.2) is 0 Å². The first-order valence-electron chi connectivity index (χ1n) is 7.24. The van der Waals surface area contributed by atoms with Gasteiger partial charge >= 0.3 is 0 Å². The first-order valence-corrected chi connectivity index (χ1v) is 7.24. The Bertz CT molecular complexity index is 536. The van der Waals surface area contributed by atoms with E-state index in [1.807, 2.05) is 24.3 Å². The quantitative estimate of drug-likeness (QED) is 0.728. The molecule has 3 N–H and O–H groups in total. The van der Waals surface area contributed by atoms with Gasteiger partial charge in [-0.25, -0.2) is 9.67 Å². The largest absolute Gasteiger partial charge is 0.330 e. The minimum atomic E-state index is 0.0521. The van der Waals surface area contributed by atoms with Gasteiger partial charge in [0, 0.05) is 12.1 Å². The van der Waals surface area contributed by atoms with Gasteiger partial charge in [-0.2, -0.15) is 5.10 Å². The van der Waals surface area contributed by atoms with Crippen LogP contribution in [0.25, 0.3) is 5.69 Å². The molecule has 2 aromatic rings. The van der Waals surface area contributed by atoms with Crippen LogP contribution in [0, 0.1) is 0 Å². The number of anilines is 1. The van der Waals surface area contributed by atoms with E-state index in [4.69, 9.17) is 5.73 Å². The number of nitrogens with one attached hydrogen (secondary N) is 1. The van der Waals surface area contributed by atoms with E-state index < -0.39 is 0 Å². The predicted molar refractivity (Wildman–Crippen MR) is 82.1 cm³/mol. The zero-order chi connectivity index (χ0) is 14.9. The SMILES string of the molecule is NCCCCCCC(=O)Nc1ccc(-n2cncn2)cc1. The van der Waals surface area contributed by atoms with Crippen LogP contribution in [0.5, 0.6) is 0 Å². The van der Waals surface area contributed by atoms with E-state index in [1.165, 1.54) is 6.33 Å². The lowest BCUT2D eigenvalue weighted by Crippen LogP contribution is -2.11. The Labute approximate surface area is 124 Å². The lowest BCUT2D eigenvalue weighted by Gasteiger charge is -2.06. The fourth-order valence-corrected chi connectivity index (χ4v) is 2.05. The van der Waals surface area contributed by atoms with E-state index in [-0.39, 0.29) is 5.91 Å². The molecule has 0 bridgehead atoms. The molecule has 1 heterocycles. The van der Waals surface area contributed by atoms with Crippen molar-refractivity contribution in [2.45, 2.75) is 32.1 Å². The number of nitrogens with zero attached hydrogens (tertiary/aromatic N) is 3. The van der Waals surface area contributed by atoms with Crippen molar-refractivity contribution < 1.29 is 4.79 Å². The van der Waals surface area contributed by atoms with Crippen molar-refractivity contribution in [1.82, 2.24) is 14.8 Å². The normalized spacial score (nSPS) is 10.5. The average Bonchev–Trinajstić information content (AvgIpc) is 3.02. The molecular formula is C15H21N5O. The van der Waals surface area contributed by atoms with Crippen LogP contribution in [-0.2, 0) is 4.79 Å². The lowest BCUT2D eigenvalue weighted by atomic mass is 10.1. The summed E-state index contributed by atoms with van der Waals surface area (Å²) in [5.74, 6) is 0.0521. The molecule has 21 heavy (non-hydrogen) atoms. The molecule has 6 heteroatoms. The highest BCUT2D eigenvalue weighted by atomic mass is 16.1. The third-order valence-electron chi connectivity index (χ3n) is 3.19. The van der Waals surface area contributed by atoms with Crippen molar-refractivity contribution in [3.8, 4) is 5.69 Å². The van der Waals surface area contributed by atoms with Crippen molar-refractivity contribution in [3.05, 3.63) is 36.9 Å². The molecule has 112 valence electrons. The molecular weight excluding hydrogens is 266 g/mol. The molecule has 0 radical (unpaired) electrons. The smallest absolute Gasteiger partial charge is 0.224 e. The summed E-state index contributed by atoms with van der Waals surface area (Å²) < 4.78 is 1.67. The van der Waals surface area contributed by atoms with Crippen LogP contribution in [0.2, 0.25) is 0 Å². The van der Waals surface area contributed by atoms with Gasteiger partial charge in [-0.1, -0.05) is 12.8 Å². The van der Waals surface area contributed by atoms with E-state index >= 15 is 0 Å². The number of amides is 1. The Balaban J connectivity index is 1.76.